The molecule has 90 valence electrons. The molecule has 0 aliphatic heterocycles. The van der Waals surface area contributed by atoms with E-state index in [1.807, 2.05) is 13.0 Å². The molecule has 0 aliphatic rings. The summed E-state index contributed by atoms with van der Waals surface area (Å²) < 4.78 is 5.15. The van der Waals surface area contributed by atoms with E-state index < -0.39 is 5.54 Å². The lowest BCUT2D eigenvalue weighted by Crippen LogP contribution is -2.42. The van der Waals surface area contributed by atoms with E-state index in [-0.39, 0.29) is 13.2 Å². The highest BCUT2D eigenvalue weighted by molar-refractivity contribution is 5.57. The van der Waals surface area contributed by atoms with Gasteiger partial charge in [-0.3, -0.25) is 4.98 Å². The van der Waals surface area contributed by atoms with Gasteiger partial charge >= 0.3 is 0 Å². The fourth-order valence-electron chi connectivity index (χ4n) is 1.26. The number of aryl methyl sites for hydroxylation is 1. The second kappa shape index (κ2) is 5.14. The van der Waals surface area contributed by atoms with E-state index in [0.717, 1.165) is 5.69 Å². The Morgan fingerprint density at radius 3 is 2.56 bits per heavy atom. The van der Waals surface area contributed by atoms with Crippen LogP contribution in [0.25, 0.3) is 0 Å². The van der Waals surface area contributed by atoms with Crippen molar-refractivity contribution in [2.75, 3.05) is 25.6 Å². The van der Waals surface area contributed by atoms with Gasteiger partial charge in [0.15, 0.2) is 5.75 Å². The number of rotatable bonds is 5. The Morgan fingerprint density at radius 1 is 1.44 bits per heavy atom. The molecule has 1 aromatic rings. The number of hydrogen-bond donors (Lipinski definition) is 3. The van der Waals surface area contributed by atoms with Crippen molar-refractivity contribution in [3.63, 3.8) is 0 Å². The maximum atomic E-state index is 9.20. The third-order valence-electron chi connectivity index (χ3n) is 2.36. The van der Waals surface area contributed by atoms with Crippen LogP contribution in [0.4, 0.5) is 5.69 Å². The van der Waals surface area contributed by atoms with E-state index in [1.165, 1.54) is 0 Å². The number of pyridine rings is 1. The number of aliphatic hydroxyl groups is 2. The summed E-state index contributed by atoms with van der Waals surface area (Å²) in [7, 11) is 1.55. The van der Waals surface area contributed by atoms with Crippen LogP contribution in [0.5, 0.6) is 5.75 Å². The summed E-state index contributed by atoms with van der Waals surface area (Å²) in [5.74, 6) is 0.582. The van der Waals surface area contributed by atoms with Crippen molar-refractivity contribution in [2.24, 2.45) is 0 Å². The maximum Gasteiger partial charge on any atom is 0.160 e. The number of anilines is 1. The summed E-state index contributed by atoms with van der Waals surface area (Å²) >= 11 is 0. The van der Waals surface area contributed by atoms with Crippen LogP contribution in [0.2, 0.25) is 0 Å². The molecule has 0 aliphatic carbocycles. The average molecular weight is 226 g/mol. The lowest BCUT2D eigenvalue weighted by atomic mass is 10.0. The molecule has 0 amide bonds. The molecule has 1 rings (SSSR count). The molecule has 0 bridgehead atoms. The molecule has 1 heterocycles. The highest BCUT2D eigenvalue weighted by Gasteiger charge is 2.23. The minimum atomic E-state index is -0.777. The Morgan fingerprint density at radius 2 is 2.06 bits per heavy atom. The molecule has 0 fully saturated rings. The number of ether oxygens (including phenoxy) is 1. The monoisotopic (exact) mass is 226 g/mol. The molecule has 3 N–H and O–H groups in total. The van der Waals surface area contributed by atoms with Gasteiger partial charge < -0.3 is 20.3 Å². The summed E-state index contributed by atoms with van der Waals surface area (Å²) in [4.78, 5) is 4.10. The second-order valence-corrected chi connectivity index (χ2v) is 4.03. The van der Waals surface area contributed by atoms with Crippen molar-refractivity contribution in [3.05, 3.63) is 18.0 Å². The zero-order valence-corrected chi connectivity index (χ0v) is 9.82. The first-order valence-corrected chi connectivity index (χ1v) is 5.05. The van der Waals surface area contributed by atoms with Crippen LogP contribution in [0.15, 0.2) is 12.3 Å². The van der Waals surface area contributed by atoms with Crippen molar-refractivity contribution >= 4 is 5.69 Å². The number of aromatic nitrogens is 1. The topological polar surface area (TPSA) is 74.6 Å². The minimum absolute atomic E-state index is 0.173. The minimum Gasteiger partial charge on any atom is -0.493 e. The van der Waals surface area contributed by atoms with Crippen molar-refractivity contribution < 1.29 is 14.9 Å². The molecule has 0 unspecified atom stereocenters. The first kappa shape index (κ1) is 12.7. The molecule has 0 saturated heterocycles. The summed E-state index contributed by atoms with van der Waals surface area (Å²) in [5, 5.41) is 21.5. The molecule has 0 spiro atoms. The van der Waals surface area contributed by atoms with Gasteiger partial charge in [-0.1, -0.05) is 0 Å². The fraction of sp³-hybridized carbons (Fsp3) is 0.545. The number of hydrogen-bond acceptors (Lipinski definition) is 5. The molecule has 5 nitrogen and oxygen atoms in total. The van der Waals surface area contributed by atoms with Crippen LogP contribution in [0.3, 0.4) is 0 Å². The molecular weight excluding hydrogens is 208 g/mol. The first-order chi connectivity index (χ1) is 7.54. The SMILES string of the molecule is COc1cnc(C)cc1NC(C)(CO)CO. The van der Waals surface area contributed by atoms with Crippen LogP contribution in [-0.4, -0.2) is 41.1 Å². The Bertz CT molecular complexity index is 351. The maximum absolute atomic E-state index is 9.20. The number of nitrogens with one attached hydrogen (secondary N) is 1. The highest BCUT2D eigenvalue weighted by Crippen LogP contribution is 2.26. The molecule has 0 aromatic carbocycles. The quantitative estimate of drug-likeness (QED) is 0.684. The van der Waals surface area contributed by atoms with Gasteiger partial charge in [-0.2, -0.15) is 0 Å². The van der Waals surface area contributed by atoms with E-state index in [0.29, 0.717) is 11.4 Å². The highest BCUT2D eigenvalue weighted by atomic mass is 16.5. The Balaban J connectivity index is 2.98. The van der Waals surface area contributed by atoms with Gasteiger partial charge in [0.2, 0.25) is 0 Å². The first-order valence-electron chi connectivity index (χ1n) is 5.05. The normalized spacial score (nSPS) is 11.3. The summed E-state index contributed by atoms with van der Waals surface area (Å²) in [6.07, 6.45) is 1.60. The van der Waals surface area contributed by atoms with Crippen LogP contribution in [-0.2, 0) is 0 Å². The van der Waals surface area contributed by atoms with Crippen molar-refractivity contribution in [3.8, 4) is 5.75 Å². The third kappa shape index (κ3) is 2.84. The molecular formula is C11H18N2O3. The molecule has 16 heavy (non-hydrogen) atoms. The van der Waals surface area contributed by atoms with Crippen LogP contribution >= 0.6 is 0 Å². The molecule has 0 radical (unpaired) electrons. The smallest absolute Gasteiger partial charge is 0.160 e. The summed E-state index contributed by atoms with van der Waals surface area (Å²) in [6, 6.07) is 1.81. The number of nitrogens with zero attached hydrogens (tertiary/aromatic N) is 1. The van der Waals surface area contributed by atoms with Gasteiger partial charge in [-0.15, -0.1) is 0 Å². The molecule has 5 heteroatoms. The van der Waals surface area contributed by atoms with Crippen molar-refractivity contribution in [1.29, 1.82) is 0 Å². The zero-order chi connectivity index (χ0) is 12.2. The molecule has 1 aromatic heterocycles. The lowest BCUT2D eigenvalue weighted by molar-refractivity contribution is 0.147. The van der Waals surface area contributed by atoms with E-state index in [2.05, 4.69) is 10.3 Å². The Kier molecular flexibility index (Phi) is 4.09. The fourth-order valence-corrected chi connectivity index (χ4v) is 1.26. The molecule has 0 atom stereocenters. The van der Waals surface area contributed by atoms with E-state index >= 15 is 0 Å². The van der Waals surface area contributed by atoms with Crippen LogP contribution in [0, 0.1) is 6.92 Å². The van der Waals surface area contributed by atoms with E-state index in [9.17, 15) is 10.2 Å². The van der Waals surface area contributed by atoms with Crippen molar-refractivity contribution in [2.45, 2.75) is 19.4 Å². The lowest BCUT2D eigenvalue weighted by Gasteiger charge is -2.28. The van der Waals surface area contributed by atoms with Crippen LogP contribution in [0.1, 0.15) is 12.6 Å². The number of aliphatic hydroxyl groups excluding tert-OH is 2. The van der Waals surface area contributed by atoms with Gasteiger partial charge in [0, 0.05) is 5.69 Å². The predicted molar refractivity (Wildman–Crippen MR) is 61.7 cm³/mol. The van der Waals surface area contributed by atoms with Gasteiger partial charge in [0.05, 0.1) is 37.7 Å². The predicted octanol–water partition coefficient (Wildman–Crippen LogP) is 0.554. The standard InChI is InChI=1S/C11H18N2O3/c1-8-4-9(10(16-3)5-12-8)13-11(2,6-14)7-15/h4-5,14-15H,6-7H2,1-3H3,(H,12,13). The largest absolute Gasteiger partial charge is 0.493 e. The van der Waals surface area contributed by atoms with Gasteiger partial charge in [0.25, 0.3) is 0 Å². The van der Waals surface area contributed by atoms with Gasteiger partial charge in [-0.05, 0) is 19.9 Å². The number of methoxy groups -OCH3 is 1. The Labute approximate surface area is 95.1 Å². The summed E-state index contributed by atoms with van der Waals surface area (Å²) in [6.45, 7) is 3.24. The van der Waals surface area contributed by atoms with Crippen molar-refractivity contribution in [1.82, 2.24) is 4.98 Å². The Hall–Kier alpha value is -1.33. The van der Waals surface area contributed by atoms with Crippen LogP contribution < -0.4 is 10.1 Å². The van der Waals surface area contributed by atoms with E-state index in [4.69, 9.17) is 4.74 Å². The zero-order valence-electron chi connectivity index (χ0n) is 9.82. The van der Waals surface area contributed by atoms with Gasteiger partial charge in [0.1, 0.15) is 0 Å². The molecule has 0 saturated carbocycles. The van der Waals surface area contributed by atoms with E-state index in [1.54, 1.807) is 20.2 Å². The summed E-state index contributed by atoms with van der Waals surface area (Å²) in [5.41, 5.74) is 0.767. The second-order valence-electron chi connectivity index (χ2n) is 4.03. The third-order valence-corrected chi connectivity index (χ3v) is 2.36. The average Bonchev–Trinajstić information content (AvgIpc) is 2.29. The van der Waals surface area contributed by atoms with Gasteiger partial charge in [-0.25, -0.2) is 0 Å².